The molecule has 0 aromatic heterocycles. The molecule has 3 heteroatoms. The molecule has 0 aliphatic rings. The second-order valence-corrected chi connectivity index (χ2v) is 5.48. The van der Waals surface area contributed by atoms with Gasteiger partial charge in [-0.1, -0.05) is 37.3 Å². The summed E-state index contributed by atoms with van der Waals surface area (Å²) in [4.78, 5) is 0. The first kappa shape index (κ1) is 13.4. The van der Waals surface area contributed by atoms with Crippen LogP contribution in [0.5, 0.6) is 0 Å². The molecule has 2 atom stereocenters. The van der Waals surface area contributed by atoms with Crippen LogP contribution >= 0.6 is 0 Å². The van der Waals surface area contributed by atoms with Crippen molar-refractivity contribution in [3.63, 3.8) is 0 Å². The van der Waals surface area contributed by atoms with E-state index in [-0.39, 0.29) is 5.25 Å². The van der Waals surface area contributed by atoms with Crippen molar-refractivity contribution in [2.24, 2.45) is 0 Å². The molecule has 0 unspecified atom stereocenters. The first-order valence-corrected chi connectivity index (χ1v) is 7.08. The fourth-order valence-corrected chi connectivity index (χ4v) is 3.25. The number of rotatable bonds is 7. The smallest absolute Gasteiger partial charge is 0.0594 e. The van der Waals surface area contributed by atoms with E-state index in [1.54, 1.807) is 7.11 Å². The topological polar surface area (TPSA) is 26.3 Å². The van der Waals surface area contributed by atoms with Gasteiger partial charge in [0.05, 0.1) is 5.25 Å². The van der Waals surface area contributed by atoms with Gasteiger partial charge in [0.25, 0.3) is 0 Å². The quantitative estimate of drug-likeness (QED) is 0.685. The molecule has 0 radical (unpaired) electrons. The monoisotopic (exact) mass is 240 g/mol. The molecule has 1 rings (SSSR count). The van der Waals surface area contributed by atoms with Crippen molar-refractivity contribution in [3.05, 3.63) is 35.9 Å². The van der Waals surface area contributed by atoms with Crippen LogP contribution in [0.4, 0.5) is 0 Å². The number of benzene rings is 1. The first-order valence-electron chi connectivity index (χ1n) is 5.70. The molecule has 0 N–H and O–H groups in total. The van der Waals surface area contributed by atoms with Crippen LogP contribution in [0.3, 0.4) is 0 Å². The van der Waals surface area contributed by atoms with Crippen LogP contribution in [0.1, 0.15) is 30.6 Å². The second-order valence-electron chi connectivity index (χ2n) is 3.74. The maximum Gasteiger partial charge on any atom is 0.0594 e. The highest BCUT2D eigenvalue weighted by molar-refractivity contribution is 7.85. The summed E-state index contributed by atoms with van der Waals surface area (Å²) in [5.41, 5.74) is 1.18. The molecule has 0 heterocycles. The van der Waals surface area contributed by atoms with Crippen LogP contribution < -0.4 is 0 Å². The maximum absolute atomic E-state index is 12.1. The summed E-state index contributed by atoms with van der Waals surface area (Å²) in [6.07, 6.45) is 1.79. The Balaban J connectivity index is 2.57. The lowest BCUT2D eigenvalue weighted by atomic mass is 10.1. The van der Waals surface area contributed by atoms with E-state index in [1.165, 1.54) is 5.56 Å². The normalized spacial score (nSPS) is 14.6. The molecule has 0 aliphatic heterocycles. The summed E-state index contributed by atoms with van der Waals surface area (Å²) in [6, 6.07) is 10.1. The van der Waals surface area contributed by atoms with Gasteiger partial charge < -0.3 is 4.74 Å². The van der Waals surface area contributed by atoms with Crippen LogP contribution in [0.2, 0.25) is 0 Å². The highest BCUT2D eigenvalue weighted by Gasteiger charge is 2.15. The molecule has 90 valence electrons. The van der Waals surface area contributed by atoms with Crippen molar-refractivity contribution in [2.75, 3.05) is 19.5 Å². The number of hydrogen-bond donors (Lipinski definition) is 0. The van der Waals surface area contributed by atoms with Crippen LogP contribution in [0.15, 0.2) is 30.3 Å². The lowest BCUT2D eigenvalue weighted by molar-refractivity contribution is 0.200. The Morgan fingerprint density at radius 1 is 1.31 bits per heavy atom. The zero-order valence-electron chi connectivity index (χ0n) is 10.0. The van der Waals surface area contributed by atoms with Crippen LogP contribution in [0.25, 0.3) is 0 Å². The predicted octanol–water partition coefficient (Wildman–Crippen LogP) is 2.92. The van der Waals surface area contributed by atoms with E-state index in [1.807, 2.05) is 18.2 Å². The van der Waals surface area contributed by atoms with Gasteiger partial charge in [0, 0.05) is 30.3 Å². The zero-order valence-corrected chi connectivity index (χ0v) is 10.8. The van der Waals surface area contributed by atoms with Gasteiger partial charge in [0.2, 0.25) is 0 Å². The van der Waals surface area contributed by atoms with Crippen molar-refractivity contribution in [1.29, 1.82) is 0 Å². The van der Waals surface area contributed by atoms with Gasteiger partial charge >= 0.3 is 0 Å². The highest BCUT2D eigenvalue weighted by Crippen LogP contribution is 2.23. The van der Waals surface area contributed by atoms with E-state index in [4.69, 9.17) is 4.74 Å². The minimum Gasteiger partial charge on any atom is -0.385 e. The fraction of sp³-hybridized carbons (Fsp3) is 0.538. The second kappa shape index (κ2) is 7.58. The van der Waals surface area contributed by atoms with Gasteiger partial charge in [0.1, 0.15) is 0 Å². The van der Waals surface area contributed by atoms with Crippen molar-refractivity contribution < 1.29 is 8.95 Å². The minimum atomic E-state index is -0.790. The van der Waals surface area contributed by atoms with E-state index in [0.29, 0.717) is 6.61 Å². The minimum absolute atomic E-state index is 0.165. The Kier molecular flexibility index (Phi) is 6.34. The summed E-state index contributed by atoms with van der Waals surface area (Å²) in [6.45, 7) is 2.78. The van der Waals surface area contributed by atoms with Gasteiger partial charge in [-0.3, -0.25) is 4.21 Å². The SMILES string of the molecule is CC[C@H](c1ccccc1)[S@@](=O)CCCOC. The molecule has 16 heavy (non-hydrogen) atoms. The lowest BCUT2D eigenvalue weighted by Crippen LogP contribution is -2.10. The van der Waals surface area contributed by atoms with Gasteiger partial charge in [-0.05, 0) is 18.4 Å². The molecule has 0 saturated carbocycles. The number of hydrogen-bond acceptors (Lipinski definition) is 2. The summed E-state index contributed by atoms with van der Waals surface area (Å²) in [5.74, 6) is 0.723. The Bertz CT molecular complexity index is 311. The molecule has 0 spiro atoms. The Morgan fingerprint density at radius 2 is 2.00 bits per heavy atom. The number of ether oxygens (including phenoxy) is 1. The van der Waals surface area contributed by atoms with Crippen molar-refractivity contribution in [3.8, 4) is 0 Å². The van der Waals surface area contributed by atoms with Crippen LogP contribution in [-0.4, -0.2) is 23.7 Å². The van der Waals surface area contributed by atoms with Crippen molar-refractivity contribution >= 4 is 10.8 Å². The van der Waals surface area contributed by atoms with E-state index in [2.05, 4.69) is 19.1 Å². The van der Waals surface area contributed by atoms with Crippen molar-refractivity contribution in [1.82, 2.24) is 0 Å². The van der Waals surface area contributed by atoms with E-state index < -0.39 is 10.8 Å². The predicted molar refractivity (Wildman–Crippen MR) is 69.0 cm³/mol. The maximum atomic E-state index is 12.1. The average Bonchev–Trinajstić information content (AvgIpc) is 2.32. The molecule has 0 aliphatic carbocycles. The van der Waals surface area contributed by atoms with Crippen molar-refractivity contribution in [2.45, 2.75) is 25.0 Å². The number of methoxy groups -OCH3 is 1. The third kappa shape index (κ3) is 4.06. The lowest BCUT2D eigenvalue weighted by Gasteiger charge is -2.14. The molecular weight excluding hydrogens is 220 g/mol. The summed E-state index contributed by atoms with van der Waals surface area (Å²) in [7, 11) is 0.888. The average molecular weight is 240 g/mol. The molecular formula is C13H20O2S. The third-order valence-corrected chi connectivity index (χ3v) is 4.48. The molecule has 0 saturated heterocycles. The van der Waals surface area contributed by atoms with Gasteiger partial charge in [-0.25, -0.2) is 0 Å². The van der Waals surface area contributed by atoms with E-state index in [0.717, 1.165) is 18.6 Å². The Hall–Kier alpha value is -0.670. The van der Waals surface area contributed by atoms with Gasteiger partial charge in [0.15, 0.2) is 0 Å². The highest BCUT2D eigenvalue weighted by atomic mass is 32.2. The molecule has 1 aromatic carbocycles. The third-order valence-electron chi connectivity index (χ3n) is 2.55. The summed E-state index contributed by atoms with van der Waals surface area (Å²) >= 11 is 0. The molecule has 0 fully saturated rings. The molecule has 0 amide bonds. The van der Waals surface area contributed by atoms with Crippen LogP contribution in [0, 0.1) is 0 Å². The molecule has 0 bridgehead atoms. The summed E-state index contributed by atoms with van der Waals surface area (Å²) < 4.78 is 17.1. The van der Waals surface area contributed by atoms with Gasteiger partial charge in [-0.2, -0.15) is 0 Å². The van der Waals surface area contributed by atoms with Gasteiger partial charge in [-0.15, -0.1) is 0 Å². The zero-order chi connectivity index (χ0) is 11.8. The first-order chi connectivity index (χ1) is 7.79. The van der Waals surface area contributed by atoms with E-state index in [9.17, 15) is 4.21 Å². The Morgan fingerprint density at radius 3 is 2.56 bits per heavy atom. The molecule has 1 aromatic rings. The summed E-state index contributed by atoms with van der Waals surface area (Å²) in [5, 5.41) is 0.165. The fourth-order valence-electron chi connectivity index (χ4n) is 1.73. The Labute approximate surface area is 100 Å². The standard InChI is InChI=1S/C13H20O2S/c1-3-13(12-8-5-4-6-9-12)16(14)11-7-10-15-2/h4-6,8-9,13H,3,7,10-11H2,1-2H3/t13-,16+/m1/s1. The molecule has 2 nitrogen and oxygen atoms in total. The van der Waals surface area contributed by atoms with Crippen LogP contribution in [-0.2, 0) is 15.5 Å². The van der Waals surface area contributed by atoms with E-state index >= 15 is 0 Å². The largest absolute Gasteiger partial charge is 0.385 e.